The molecular weight excluding hydrogens is 487 g/mol. The van der Waals surface area contributed by atoms with Crippen molar-refractivity contribution >= 4 is 36.8 Å². The molecule has 0 atom stereocenters. The number of amides is 1. The maximum Gasteiger partial charge on any atom is 0.469 e. The minimum Gasteiger partial charge on any atom is -0.465 e. The number of allylic oxidation sites excluding steroid dienone is 1. The number of hydrogen-bond donors (Lipinski definition) is 4. The summed E-state index contributed by atoms with van der Waals surface area (Å²) < 4.78 is 20.7. The molecule has 0 aliphatic carbocycles. The number of carbonyl (C=O) groups is 2. The van der Waals surface area contributed by atoms with E-state index in [1.807, 2.05) is 6.07 Å². The minimum absolute atomic E-state index is 0.00212. The predicted molar refractivity (Wildman–Crippen MR) is 124 cm³/mol. The van der Waals surface area contributed by atoms with E-state index in [9.17, 15) is 19.3 Å². The van der Waals surface area contributed by atoms with Crippen molar-refractivity contribution in [3.63, 3.8) is 0 Å². The van der Waals surface area contributed by atoms with Crippen LogP contribution >= 0.6 is 19.6 Å². The van der Waals surface area contributed by atoms with E-state index in [2.05, 4.69) is 14.5 Å². The largest absolute Gasteiger partial charge is 0.469 e. The third-order valence-corrected chi connectivity index (χ3v) is 5.93. The number of carbonyl (C=O) groups excluding carboxylic acids is 1. The summed E-state index contributed by atoms with van der Waals surface area (Å²) in [5.41, 5.74) is 7.10. The fourth-order valence-electron chi connectivity index (χ4n) is 2.69. The van der Waals surface area contributed by atoms with Crippen molar-refractivity contribution in [1.82, 2.24) is 14.9 Å². The minimum atomic E-state index is -4.76. The van der Waals surface area contributed by atoms with E-state index in [4.69, 9.17) is 20.3 Å². The average Bonchev–Trinajstić information content (AvgIpc) is 2.75. The number of nitrogen functional groups attached to an aromatic ring is 1. The number of aryl methyl sites for hydroxylation is 1. The third-order valence-electron chi connectivity index (χ3n) is 4.38. The number of benzene rings is 1. The van der Waals surface area contributed by atoms with Crippen LogP contribution in [0.15, 0.2) is 47.1 Å². The van der Waals surface area contributed by atoms with Crippen LogP contribution in [0, 0.1) is 6.92 Å². The van der Waals surface area contributed by atoms with Gasteiger partial charge in [-0.3, -0.25) is 9.42 Å². The van der Waals surface area contributed by atoms with Crippen LogP contribution < -0.4 is 5.73 Å². The Balaban J connectivity index is 2.25. The van der Waals surface area contributed by atoms with Crippen molar-refractivity contribution < 1.29 is 38.3 Å². The fraction of sp³-hybridized carbons (Fsp3) is 0.300. The highest BCUT2D eigenvalue weighted by Gasteiger charge is 2.23. The Morgan fingerprint density at radius 3 is 2.50 bits per heavy atom. The normalized spacial score (nSPS) is 12.1. The number of thioether (sulfide) groups is 1. The zero-order valence-electron chi connectivity index (χ0n) is 18.4. The highest BCUT2D eigenvalue weighted by molar-refractivity contribution is 8.16. The molecule has 0 bridgehead atoms. The predicted octanol–water partition coefficient (Wildman–Crippen LogP) is 3.65. The molecule has 0 fully saturated rings. The summed E-state index contributed by atoms with van der Waals surface area (Å²) in [4.78, 5) is 51.5. The highest BCUT2D eigenvalue weighted by Crippen LogP contribution is 2.37. The van der Waals surface area contributed by atoms with Gasteiger partial charge in [-0.2, -0.15) is 0 Å². The smallest absolute Gasteiger partial charge is 0.465 e. The summed E-state index contributed by atoms with van der Waals surface area (Å²) in [6, 6.07) is 8.94. The third kappa shape index (κ3) is 9.12. The average molecular weight is 512 g/mol. The number of nitrogens with two attached hydrogens (primary N) is 1. The van der Waals surface area contributed by atoms with Crippen molar-refractivity contribution in [2.45, 2.75) is 33.4 Å². The molecule has 14 heteroatoms. The zero-order chi connectivity index (χ0) is 25.3. The number of anilines is 1. The lowest BCUT2D eigenvalue weighted by molar-refractivity contribution is 0.155. The van der Waals surface area contributed by atoms with Gasteiger partial charge in [-0.15, -0.1) is 0 Å². The molecule has 2 rings (SSSR count). The van der Waals surface area contributed by atoms with Crippen molar-refractivity contribution in [3.05, 3.63) is 64.1 Å². The van der Waals surface area contributed by atoms with Gasteiger partial charge in [0.2, 0.25) is 0 Å². The maximum atomic E-state index is 12.4. The molecule has 12 nitrogen and oxygen atoms in total. The first kappa shape index (κ1) is 27.3. The second-order valence-corrected chi connectivity index (χ2v) is 9.17. The molecule has 1 heterocycles. The monoisotopic (exact) mass is 512 g/mol. The first-order valence-electron chi connectivity index (χ1n) is 9.83. The van der Waals surface area contributed by atoms with Crippen LogP contribution in [0.1, 0.15) is 30.3 Å². The highest BCUT2D eigenvalue weighted by atomic mass is 32.2. The Bertz CT molecular complexity index is 1090. The standard InChI is InChI=1S/C20H25N4O8PS/c1-13(24(19(25)26)11-16-10-22-14(2)23-18(16)21)17(8-9-32-33(28,29)30)34-20(27)31-12-15-6-4-3-5-7-15/h3-7,10H,8-9,11-12H2,1-2H3,(H,25,26)(H2,21,22,23)(H2,28,29,30)/b17-13-. The van der Waals surface area contributed by atoms with Crippen molar-refractivity contribution in [3.8, 4) is 0 Å². The molecule has 0 aliphatic heterocycles. The van der Waals surface area contributed by atoms with Gasteiger partial charge in [0.15, 0.2) is 0 Å². The quantitative estimate of drug-likeness (QED) is 0.268. The summed E-state index contributed by atoms with van der Waals surface area (Å²) in [5, 5.41) is 9.04. The first-order chi connectivity index (χ1) is 16.0. The number of ether oxygens (including phenoxy) is 1. The Labute approximate surface area is 200 Å². The second-order valence-electron chi connectivity index (χ2n) is 6.91. The number of phosphoric ester groups is 1. The molecule has 0 aliphatic rings. The van der Waals surface area contributed by atoms with Gasteiger partial charge < -0.3 is 25.4 Å². The van der Waals surface area contributed by atoms with Gasteiger partial charge in [0.25, 0.3) is 0 Å². The molecule has 34 heavy (non-hydrogen) atoms. The molecule has 1 aromatic heterocycles. The van der Waals surface area contributed by atoms with Gasteiger partial charge in [-0.25, -0.2) is 24.1 Å². The summed E-state index contributed by atoms with van der Waals surface area (Å²) >= 11 is 0.604. The van der Waals surface area contributed by atoms with E-state index in [0.29, 0.717) is 23.1 Å². The lowest BCUT2D eigenvalue weighted by Crippen LogP contribution is -2.29. The van der Waals surface area contributed by atoms with Crippen LogP contribution in [0.2, 0.25) is 0 Å². The van der Waals surface area contributed by atoms with Gasteiger partial charge in [0.1, 0.15) is 18.2 Å². The molecule has 0 spiro atoms. The van der Waals surface area contributed by atoms with Crippen LogP contribution in [-0.4, -0.2) is 47.8 Å². The van der Waals surface area contributed by atoms with Crippen LogP contribution in [0.25, 0.3) is 0 Å². The zero-order valence-corrected chi connectivity index (χ0v) is 20.2. The summed E-state index contributed by atoms with van der Waals surface area (Å²) in [6.45, 7) is 2.41. The molecule has 1 aromatic carbocycles. The van der Waals surface area contributed by atoms with Gasteiger partial charge in [0, 0.05) is 28.8 Å². The van der Waals surface area contributed by atoms with E-state index in [0.717, 1.165) is 10.5 Å². The second kappa shape index (κ2) is 12.5. The Kier molecular flexibility index (Phi) is 10.0. The molecular formula is C20H25N4O8PS. The van der Waals surface area contributed by atoms with E-state index in [1.165, 1.54) is 13.1 Å². The number of rotatable bonds is 10. The van der Waals surface area contributed by atoms with Gasteiger partial charge in [-0.05, 0) is 31.2 Å². The molecule has 1 amide bonds. The fourth-order valence-corrected chi connectivity index (χ4v) is 3.79. The van der Waals surface area contributed by atoms with Crippen LogP contribution in [0.3, 0.4) is 0 Å². The molecule has 0 saturated heterocycles. The SMILES string of the molecule is C/C(=C(\CCOP(=O)(O)O)SC(=O)OCc1ccccc1)N(Cc1cnc(C)nc1N)C(=O)O. The molecule has 5 N–H and O–H groups in total. The summed E-state index contributed by atoms with van der Waals surface area (Å²) in [7, 11) is -4.76. The number of nitrogens with zero attached hydrogens (tertiary/aromatic N) is 3. The summed E-state index contributed by atoms with van der Waals surface area (Å²) in [5.74, 6) is 0.523. The van der Waals surface area contributed by atoms with E-state index in [-0.39, 0.29) is 36.0 Å². The Morgan fingerprint density at radius 1 is 1.24 bits per heavy atom. The van der Waals surface area contributed by atoms with Gasteiger partial charge in [-0.1, -0.05) is 30.3 Å². The molecule has 0 unspecified atom stereocenters. The van der Waals surface area contributed by atoms with Crippen molar-refractivity contribution in [2.24, 2.45) is 0 Å². The molecule has 0 saturated carbocycles. The lowest BCUT2D eigenvalue weighted by Gasteiger charge is -2.23. The van der Waals surface area contributed by atoms with Crippen molar-refractivity contribution in [1.29, 1.82) is 0 Å². The van der Waals surface area contributed by atoms with E-state index < -0.39 is 25.8 Å². The van der Waals surface area contributed by atoms with Crippen LogP contribution in [-0.2, 0) is 27.0 Å². The molecule has 2 aromatic rings. The number of hydrogen-bond acceptors (Lipinski definition) is 9. The topological polar surface area (TPSA) is 185 Å². The van der Waals surface area contributed by atoms with E-state index >= 15 is 0 Å². The molecule has 184 valence electrons. The van der Waals surface area contributed by atoms with Crippen LogP contribution in [0.4, 0.5) is 15.4 Å². The number of carboxylic acid groups (broad SMARTS) is 1. The first-order valence-corrected chi connectivity index (χ1v) is 12.2. The number of phosphoric acid groups is 1. The van der Waals surface area contributed by atoms with E-state index in [1.54, 1.807) is 31.2 Å². The number of aromatic nitrogens is 2. The Morgan fingerprint density at radius 2 is 1.91 bits per heavy atom. The maximum absolute atomic E-state index is 12.4. The van der Waals surface area contributed by atoms with Crippen LogP contribution in [0.5, 0.6) is 0 Å². The molecule has 0 radical (unpaired) electrons. The Hall–Kier alpha value is -2.96. The lowest BCUT2D eigenvalue weighted by atomic mass is 10.2. The van der Waals surface area contributed by atoms with Gasteiger partial charge in [0.05, 0.1) is 13.2 Å². The van der Waals surface area contributed by atoms with Crippen molar-refractivity contribution in [2.75, 3.05) is 12.3 Å². The van der Waals surface area contributed by atoms with Gasteiger partial charge >= 0.3 is 19.2 Å². The summed E-state index contributed by atoms with van der Waals surface area (Å²) in [6.07, 6.45) is -0.103.